The van der Waals surface area contributed by atoms with Crippen molar-refractivity contribution < 1.29 is 13.2 Å². The SMILES string of the molecule is CCC1COCCN1S(=O)(=O)c1cc(CNC)ccc1Cl. The molecule has 1 N–H and O–H groups in total. The van der Waals surface area contributed by atoms with Crippen molar-refractivity contribution in [2.75, 3.05) is 26.8 Å². The van der Waals surface area contributed by atoms with E-state index in [1.54, 1.807) is 12.1 Å². The molecular formula is C14H21ClN2O3S. The molecule has 1 heterocycles. The van der Waals surface area contributed by atoms with E-state index in [0.29, 0.717) is 32.7 Å². The van der Waals surface area contributed by atoms with Crippen LogP contribution in [0.3, 0.4) is 0 Å². The lowest BCUT2D eigenvalue weighted by Crippen LogP contribution is -2.48. The van der Waals surface area contributed by atoms with Crippen molar-refractivity contribution in [3.05, 3.63) is 28.8 Å². The van der Waals surface area contributed by atoms with Gasteiger partial charge in [0.2, 0.25) is 10.0 Å². The Bertz CT molecular complexity index is 592. The maximum atomic E-state index is 12.9. The van der Waals surface area contributed by atoms with Crippen LogP contribution in [0.5, 0.6) is 0 Å². The van der Waals surface area contributed by atoms with E-state index in [0.717, 1.165) is 5.56 Å². The largest absolute Gasteiger partial charge is 0.378 e. The molecule has 1 aromatic carbocycles. The molecule has 0 aliphatic carbocycles. The van der Waals surface area contributed by atoms with E-state index >= 15 is 0 Å². The minimum Gasteiger partial charge on any atom is -0.378 e. The summed E-state index contributed by atoms with van der Waals surface area (Å²) < 4.78 is 32.7. The summed E-state index contributed by atoms with van der Waals surface area (Å²) in [5, 5.41) is 3.27. The van der Waals surface area contributed by atoms with Gasteiger partial charge in [-0.25, -0.2) is 8.42 Å². The summed E-state index contributed by atoms with van der Waals surface area (Å²) in [5.41, 5.74) is 0.891. The highest BCUT2D eigenvalue weighted by Crippen LogP contribution is 2.28. The number of morpholine rings is 1. The van der Waals surface area contributed by atoms with Gasteiger partial charge in [0.25, 0.3) is 0 Å². The summed E-state index contributed by atoms with van der Waals surface area (Å²) in [6.45, 7) is 3.78. The summed E-state index contributed by atoms with van der Waals surface area (Å²) in [4.78, 5) is 0.178. The highest BCUT2D eigenvalue weighted by atomic mass is 35.5. The molecule has 0 aromatic heterocycles. The Balaban J connectivity index is 2.40. The third-order valence-corrected chi connectivity index (χ3v) is 6.04. The third-order valence-electron chi connectivity index (χ3n) is 3.61. The van der Waals surface area contributed by atoms with Crippen LogP contribution in [-0.4, -0.2) is 45.6 Å². The van der Waals surface area contributed by atoms with E-state index in [2.05, 4.69) is 5.32 Å². The molecule has 0 amide bonds. The second kappa shape index (κ2) is 7.07. The first-order chi connectivity index (χ1) is 10.0. The second-order valence-electron chi connectivity index (χ2n) is 5.05. The van der Waals surface area contributed by atoms with Gasteiger partial charge in [-0.15, -0.1) is 0 Å². The van der Waals surface area contributed by atoms with Gasteiger partial charge in [-0.05, 0) is 31.2 Å². The lowest BCUT2D eigenvalue weighted by Gasteiger charge is -2.34. The van der Waals surface area contributed by atoms with Crippen LogP contribution in [0.15, 0.2) is 23.1 Å². The maximum Gasteiger partial charge on any atom is 0.244 e. The van der Waals surface area contributed by atoms with E-state index in [9.17, 15) is 8.42 Å². The number of sulfonamides is 1. The van der Waals surface area contributed by atoms with Gasteiger partial charge in [-0.3, -0.25) is 0 Å². The van der Waals surface area contributed by atoms with Crippen LogP contribution in [0.4, 0.5) is 0 Å². The van der Waals surface area contributed by atoms with Crippen molar-refractivity contribution >= 4 is 21.6 Å². The molecule has 1 saturated heterocycles. The molecule has 1 fully saturated rings. The molecule has 7 heteroatoms. The van der Waals surface area contributed by atoms with Gasteiger partial charge in [-0.2, -0.15) is 4.31 Å². The van der Waals surface area contributed by atoms with E-state index < -0.39 is 10.0 Å². The van der Waals surface area contributed by atoms with Crippen LogP contribution >= 0.6 is 11.6 Å². The minimum absolute atomic E-state index is 0.132. The first-order valence-corrected chi connectivity index (χ1v) is 8.85. The van der Waals surface area contributed by atoms with Crippen LogP contribution in [0.25, 0.3) is 0 Å². The topological polar surface area (TPSA) is 58.6 Å². The van der Waals surface area contributed by atoms with Crippen molar-refractivity contribution in [3.8, 4) is 0 Å². The highest BCUT2D eigenvalue weighted by molar-refractivity contribution is 7.89. The molecule has 1 atom stereocenters. The van der Waals surface area contributed by atoms with E-state index in [-0.39, 0.29) is 16.0 Å². The van der Waals surface area contributed by atoms with Crippen molar-refractivity contribution in [3.63, 3.8) is 0 Å². The molecular weight excluding hydrogens is 312 g/mol. The van der Waals surface area contributed by atoms with Gasteiger partial charge in [0.15, 0.2) is 0 Å². The normalized spacial score (nSPS) is 20.6. The monoisotopic (exact) mass is 332 g/mol. The first-order valence-electron chi connectivity index (χ1n) is 7.03. The van der Waals surface area contributed by atoms with Gasteiger partial charge in [-0.1, -0.05) is 24.6 Å². The van der Waals surface area contributed by atoms with Crippen LogP contribution in [0.1, 0.15) is 18.9 Å². The molecule has 1 unspecified atom stereocenters. The summed E-state index contributed by atoms with van der Waals surface area (Å²) in [7, 11) is -1.78. The Morgan fingerprint density at radius 3 is 2.90 bits per heavy atom. The fourth-order valence-electron chi connectivity index (χ4n) is 2.46. The van der Waals surface area contributed by atoms with E-state index in [1.807, 2.05) is 20.0 Å². The zero-order valence-corrected chi connectivity index (χ0v) is 13.9. The van der Waals surface area contributed by atoms with Crippen molar-refractivity contribution in [2.45, 2.75) is 30.8 Å². The molecule has 0 saturated carbocycles. The summed E-state index contributed by atoms with van der Waals surface area (Å²) in [5.74, 6) is 0. The number of rotatable bonds is 5. The van der Waals surface area contributed by atoms with Crippen molar-refractivity contribution in [1.29, 1.82) is 0 Å². The zero-order chi connectivity index (χ0) is 15.5. The lowest BCUT2D eigenvalue weighted by atomic mass is 10.2. The number of nitrogens with one attached hydrogen (secondary N) is 1. The third kappa shape index (κ3) is 3.57. The predicted octanol–water partition coefficient (Wildman–Crippen LogP) is 1.86. The minimum atomic E-state index is -3.60. The molecule has 1 aromatic rings. The van der Waals surface area contributed by atoms with Crippen LogP contribution in [-0.2, 0) is 21.3 Å². The first kappa shape index (κ1) is 16.7. The van der Waals surface area contributed by atoms with Gasteiger partial charge >= 0.3 is 0 Å². The Morgan fingerprint density at radius 1 is 1.48 bits per heavy atom. The van der Waals surface area contributed by atoms with E-state index in [1.165, 1.54) is 4.31 Å². The maximum absolute atomic E-state index is 12.9. The molecule has 1 aliphatic heterocycles. The fraction of sp³-hybridized carbons (Fsp3) is 0.571. The molecule has 0 bridgehead atoms. The molecule has 0 radical (unpaired) electrons. The quantitative estimate of drug-likeness (QED) is 0.894. The van der Waals surface area contributed by atoms with Crippen LogP contribution in [0.2, 0.25) is 5.02 Å². The predicted molar refractivity (Wildman–Crippen MR) is 83.0 cm³/mol. The average Bonchev–Trinajstić information content (AvgIpc) is 2.49. The number of ether oxygens (including phenoxy) is 1. The summed E-state index contributed by atoms with van der Waals surface area (Å²) >= 11 is 6.13. The van der Waals surface area contributed by atoms with Crippen LogP contribution < -0.4 is 5.32 Å². The Kier molecular flexibility index (Phi) is 5.62. The number of hydrogen-bond acceptors (Lipinski definition) is 4. The second-order valence-corrected chi connectivity index (χ2v) is 7.31. The molecule has 2 rings (SSSR count). The fourth-order valence-corrected chi connectivity index (χ4v) is 4.66. The van der Waals surface area contributed by atoms with Gasteiger partial charge < -0.3 is 10.1 Å². The number of halogens is 1. The van der Waals surface area contributed by atoms with Gasteiger partial charge in [0.05, 0.1) is 18.2 Å². The van der Waals surface area contributed by atoms with Crippen molar-refractivity contribution in [2.24, 2.45) is 0 Å². The van der Waals surface area contributed by atoms with Gasteiger partial charge in [0, 0.05) is 19.1 Å². The van der Waals surface area contributed by atoms with E-state index in [4.69, 9.17) is 16.3 Å². The Morgan fingerprint density at radius 2 is 2.24 bits per heavy atom. The number of nitrogens with zero attached hydrogens (tertiary/aromatic N) is 1. The smallest absolute Gasteiger partial charge is 0.244 e. The highest BCUT2D eigenvalue weighted by Gasteiger charge is 2.34. The Hall–Kier alpha value is -0.660. The van der Waals surface area contributed by atoms with Gasteiger partial charge in [0.1, 0.15) is 4.90 Å². The Labute approximate surface area is 131 Å². The zero-order valence-electron chi connectivity index (χ0n) is 12.3. The average molecular weight is 333 g/mol. The van der Waals surface area contributed by atoms with Crippen LogP contribution in [0, 0.1) is 0 Å². The van der Waals surface area contributed by atoms with Crippen molar-refractivity contribution in [1.82, 2.24) is 9.62 Å². The summed E-state index contributed by atoms with van der Waals surface area (Å²) in [6, 6.07) is 4.99. The molecule has 1 aliphatic rings. The number of hydrogen-bond donors (Lipinski definition) is 1. The molecule has 0 spiro atoms. The lowest BCUT2D eigenvalue weighted by molar-refractivity contribution is 0.0314. The standard InChI is InChI=1S/C14H21ClN2O3S/c1-3-12-10-20-7-6-17(12)21(18,19)14-8-11(9-16-2)4-5-13(14)15/h4-5,8,12,16H,3,6-7,9-10H2,1-2H3. The molecule has 21 heavy (non-hydrogen) atoms. The molecule has 5 nitrogen and oxygen atoms in total. The molecule has 118 valence electrons. The summed E-state index contributed by atoms with van der Waals surface area (Å²) in [6.07, 6.45) is 0.715. The number of benzene rings is 1.